The van der Waals surface area contributed by atoms with E-state index < -0.39 is 0 Å². The van der Waals surface area contributed by atoms with E-state index in [1.54, 1.807) is 17.6 Å². The Labute approximate surface area is 141 Å². The normalized spacial score (nSPS) is 18.1. The van der Waals surface area contributed by atoms with Gasteiger partial charge in [-0.15, -0.1) is 11.3 Å². The molecule has 120 valence electrons. The maximum atomic E-state index is 9.55. The molecule has 1 atom stereocenters. The minimum absolute atomic E-state index is 0.309. The molecule has 0 saturated heterocycles. The smallest absolute Gasteiger partial charge is 0.145 e. The van der Waals surface area contributed by atoms with E-state index in [1.165, 1.54) is 10.4 Å². The third-order valence-corrected chi connectivity index (χ3v) is 5.82. The molecular weight excluding hydrogens is 304 g/mol. The largest absolute Gasteiger partial charge is 0.460 e. The fourth-order valence-corrected chi connectivity index (χ4v) is 4.38. The van der Waals surface area contributed by atoms with E-state index in [9.17, 15) is 5.26 Å². The summed E-state index contributed by atoms with van der Waals surface area (Å²) in [6.45, 7) is 8.83. The summed E-state index contributed by atoms with van der Waals surface area (Å²) in [5.74, 6) is 2.26. The van der Waals surface area contributed by atoms with Crippen molar-refractivity contribution in [3.8, 4) is 6.07 Å². The molecule has 0 radical (unpaired) electrons. The van der Waals surface area contributed by atoms with Crippen LogP contribution >= 0.6 is 11.3 Å². The van der Waals surface area contributed by atoms with Crippen LogP contribution in [0.3, 0.4) is 0 Å². The number of rotatable bonds is 2. The second-order valence-electron chi connectivity index (χ2n) is 7.31. The molecule has 2 aromatic heterocycles. The predicted molar refractivity (Wildman–Crippen MR) is 94.7 cm³/mol. The molecule has 2 aromatic rings. The van der Waals surface area contributed by atoms with E-state index in [0.29, 0.717) is 11.3 Å². The average molecular weight is 326 g/mol. The van der Waals surface area contributed by atoms with Gasteiger partial charge in [0.25, 0.3) is 0 Å². The molecule has 3 nitrogen and oxygen atoms in total. The second kappa shape index (κ2) is 5.98. The van der Waals surface area contributed by atoms with Gasteiger partial charge in [-0.2, -0.15) is 5.26 Å². The number of nitriles is 1. The van der Waals surface area contributed by atoms with Crippen LogP contribution in [-0.4, -0.2) is 6.21 Å². The third-order valence-electron chi connectivity index (χ3n) is 4.65. The fourth-order valence-electron chi connectivity index (χ4n) is 3.16. The maximum absolute atomic E-state index is 9.55. The van der Waals surface area contributed by atoms with Crippen LogP contribution in [0.15, 0.2) is 21.5 Å². The summed E-state index contributed by atoms with van der Waals surface area (Å²) < 4.78 is 5.51. The van der Waals surface area contributed by atoms with E-state index in [2.05, 4.69) is 31.8 Å². The monoisotopic (exact) mass is 326 g/mol. The first-order chi connectivity index (χ1) is 10.9. The summed E-state index contributed by atoms with van der Waals surface area (Å²) in [5, 5.41) is 10.4. The van der Waals surface area contributed by atoms with Gasteiger partial charge in [-0.1, -0.05) is 20.8 Å². The van der Waals surface area contributed by atoms with E-state index in [4.69, 9.17) is 4.42 Å². The number of hydrogen-bond donors (Lipinski definition) is 0. The van der Waals surface area contributed by atoms with Crippen LogP contribution in [0.25, 0.3) is 0 Å². The Bertz CT molecular complexity index is 783. The highest BCUT2D eigenvalue weighted by atomic mass is 32.1. The minimum atomic E-state index is 0.309. The molecule has 2 heterocycles. The molecular formula is C19H22N2OS. The zero-order chi connectivity index (χ0) is 16.6. The Morgan fingerprint density at radius 3 is 2.78 bits per heavy atom. The lowest BCUT2D eigenvalue weighted by atomic mass is 9.72. The van der Waals surface area contributed by atoms with E-state index >= 15 is 0 Å². The van der Waals surface area contributed by atoms with Crippen molar-refractivity contribution in [3.63, 3.8) is 0 Å². The lowest BCUT2D eigenvalue weighted by Crippen LogP contribution is -2.26. The molecule has 3 rings (SSSR count). The summed E-state index contributed by atoms with van der Waals surface area (Å²) in [4.78, 5) is 5.87. The minimum Gasteiger partial charge on any atom is -0.460 e. The van der Waals surface area contributed by atoms with E-state index in [-0.39, 0.29) is 0 Å². The van der Waals surface area contributed by atoms with Crippen LogP contribution in [0.5, 0.6) is 0 Å². The Morgan fingerprint density at radius 2 is 2.17 bits per heavy atom. The summed E-state index contributed by atoms with van der Waals surface area (Å²) in [7, 11) is 0. The van der Waals surface area contributed by atoms with Gasteiger partial charge in [0, 0.05) is 4.88 Å². The lowest BCUT2D eigenvalue weighted by molar-refractivity contribution is 0.218. The van der Waals surface area contributed by atoms with Crippen LogP contribution in [0.4, 0.5) is 5.00 Å². The SMILES string of the molecule is Cc1ccc(C=Nc2sc3c(c2C#N)CC[C@@H](C(C)(C)C)C3)o1. The highest BCUT2D eigenvalue weighted by Crippen LogP contribution is 2.44. The number of nitrogens with zero attached hydrogens (tertiary/aromatic N) is 2. The molecule has 0 N–H and O–H groups in total. The first-order valence-electron chi connectivity index (χ1n) is 8.03. The van der Waals surface area contributed by atoms with Crippen molar-refractivity contribution in [2.45, 2.75) is 47.0 Å². The molecule has 0 saturated carbocycles. The number of thiophene rings is 1. The third kappa shape index (κ3) is 3.25. The number of aryl methyl sites for hydroxylation is 1. The Kier molecular flexibility index (Phi) is 4.16. The van der Waals surface area contributed by atoms with Gasteiger partial charge < -0.3 is 4.42 Å². The van der Waals surface area contributed by atoms with Gasteiger partial charge in [-0.3, -0.25) is 0 Å². The van der Waals surface area contributed by atoms with E-state index in [0.717, 1.165) is 41.3 Å². The summed E-state index contributed by atoms with van der Waals surface area (Å²) in [6.07, 6.45) is 4.93. The van der Waals surface area contributed by atoms with Crippen molar-refractivity contribution < 1.29 is 4.42 Å². The molecule has 0 spiro atoms. The van der Waals surface area contributed by atoms with Crippen LogP contribution in [0.1, 0.15) is 54.7 Å². The van der Waals surface area contributed by atoms with E-state index in [1.807, 2.05) is 19.1 Å². The molecule has 0 aromatic carbocycles. The molecule has 0 amide bonds. The first-order valence-corrected chi connectivity index (χ1v) is 8.85. The van der Waals surface area contributed by atoms with Crippen LogP contribution in [0, 0.1) is 29.6 Å². The molecule has 0 unspecified atom stereocenters. The zero-order valence-corrected chi connectivity index (χ0v) is 15.0. The number of aliphatic imine (C=N–C) groups is 1. The maximum Gasteiger partial charge on any atom is 0.145 e. The number of fused-ring (bicyclic) bond motifs is 1. The van der Waals surface area contributed by atoms with Gasteiger partial charge in [0.2, 0.25) is 0 Å². The Balaban J connectivity index is 1.90. The predicted octanol–water partition coefficient (Wildman–Crippen LogP) is 5.42. The van der Waals surface area contributed by atoms with Crippen molar-refractivity contribution in [1.29, 1.82) is 5.26 Å². The summed E-state index contributed by atoms with van der Waals surface area (Å²) in [5.41, 5.74) is 2.29. The summed E-state index contributed by atoms with van der Waals surface area (Å²) in [6, 6.07) is 6.18. The van der Waals surface area contributed by atoms with Crippen molar-refractivity contribution in [2.75, 3.05) is 0 Å². The first kappa shape index (κ1) is 16.0. The van der Waals surface area contributed by atoms with Crippen LogP contribution < -0.4 is 0 Å². The Morgan fingerprint density at radius 1 is 1.39 bits per heavy atom. The zero-order valence-electron chi connectivity index (χ0n) is 14.1. The molecule has 0 aliphatic heterocycles. The van der Waals surface area contributed by atoms with Gasteiger partial charge in [0.05, 0.1) is 11.8 Å². The van der Waals surface area contributed by atoms with Crippen LogP contribution in [0.2, 0.25) is 0 Å². The molecule has 4 heteroatoms. The van der Waals surface area contributed by atoms with Gasteiger partial charge in [0.1, 0.15) is 22.6 Å². The highest BCUT2D eigenvalue weighted by Gasteiger charge is 2.32. The quantitative estimate of drug-likeness (QED) is 0.692. The van der Waals surface area contributed by atoms with Crippen molar-refractivity contribution >= 4 is 22.6 Å². The lowest BCUT2D eigenvalue weighted by Gasteiger charge is -2.33. The molecule has 1 aliphatic carbocycles. The number of hydrogen-bond acceptors (Lipinski definition) is 4. The number of furan rings is 1. The summed E-state index contributed by atoms with van der Waals surface area (Å²) >= 11 is 1.67. The van der Waals surface area contributed by atoms with Gasteiger partial charge in [-0.25, -0.2) is 4.99 Å². The second-order valence-corrected chi connectivity index (χ2v) is 8.39. The van der Waals surface area contributed by atoms with Gasteiger partial charge in [-0.05, 0) is 55.2 Å². The highest BCUT2D eigenvalue weighted by molar-refractivity contribution is 7.16. The molecule has 0 fully saturated rings. The Hall–Kier alpha value is -1.86. The topological polar surface area (TPSA) is 49.3 Å². The molecule has 1 aliphatic rings. The van der Waals surface area contributed by atoms with Crippen LogP contribution in [-0.2, 0) is 12.8 Å². The van der Waals surface area contributed by atoms with Crippen molar-refractivity contribution in [2.24, 2.45) is 16.3 Å². The standard InChI is InChI=1S/C19H22N2OS/c1-12-5-7-14(22-12)11-21-18-16(10-20)15-8-6-13(19(2,3)4)9-17(15)23-18/h5,7,11,13H,6,8-9H2,1-4H3/t13-/m1/s1. The molecule has 0 bridgehead atoms. The van der Waals surface area contributed by atoms with Crippen molar-refractivity contribution in [3.05, 3.63) is 39.7 Å². The van der Waals surface area contributed by atoms with Crippen molar-refractivity contribution in [1.82, 2.24) is 0 Å². The van der Waals surface area contributed by atoms with Gasteiger partial charge >= 0.3 is 0 Å². The molecule has 23 heavy (non-hydrogen) atoms. The van der Waals surface area contributed by atoms with Gasteiger partial charge in [0.15, 0.2) is 0 Å². The fraction of sp³-hybridized carbons (Fsp3) is 0.474. The average Bonchev–Trinajstić information content (AvgIpc) is 3.06.